The van der Waals surface area contributed by atoms with Crippen LogP contribution >= 0.6 is 12.4 Å². The number of carboxylic acids is 1. The fourth-order valence-corrected chi connectivity index (χ4v) is 14.8. The smallest absolute Gasteiger partial charge is 0.870 e. The Balaban J connectivity index is 0.000000250. The van der Waals surface area contributed by atoms with Crippen molar-refractivity contribution in [2.75, 3.05) is 44.7 Å². The number of carbonyl (C=O) groups excluding carboxylic acids is 2. The minimum atomic E-state index is -1.17. The SMILES string of the molecule is CC(C)(C)[S@@](=O)CC(CF)c1cccc(-c2cc(CO)cc3ccoc23)c1.CCOC(=O)Cc1ccc(C)cc1O.CCOC(=O)Cc1ccc(C)cc1OCc1cc(-c2cccc(C(CF)C[S@](=O)C(C)(C)C)c2)c2occc2c1.Cc1ccc(CC(=O)O)c(OCc2cc(-c3cccc(C(N)CF)c3)c3occc3c2)c1.Cl.[Li+].[OH-]. The molecule has 0 bridgehead atoms. The summed E-state index contributed by atoms with van der Waals surface area (Å²) in [5, 5.41) is 31.0. The first-order valence-corrected chi connectivity index (χ1v) is 40.0. The molecular weight excluding hydrogens is 1540 g/mol. The van der Waals surface area contributed by atoms with E-state index < -0.39 is 70.2 Å². The van der Waals surface area contributed by atoms with E-state index in [9.17, 15) is 51.3 Å². The summed E-state index contributed by atoms with van der Waals surface area (Å²) in [7, 11) is -2.30. The van der Waals surface area contributed by atoms with Crippen molar-refractivity contribution in [3.8, 4) is 50.6 Å². The van der Waals surface area contributed by atoms with Gasteiger partial charge in [-0.2, -0.15) is 0 Å². The number of carboxylic acid groups (broad SMARTS) is 1. The van der Waals surface area contributed by atoms with Crippen LogP contribution in [0.3, 0.4) is 0 Å². The Morgan fingerprint density at radius 2 is 0.845 bits per heavy atom. The monoisotopic (exact) mass is 1640 g/mol. The van der Waals surface area contributed by atoms with E-state index in [1.54, 1.807) is 50.8 Å². The maximum atomic E-state index is 14.1. The summed E-state index contributed by atoms with van der Waals surface area (Å²) in [5.41, 5.74) is 23.2. The first-order chi connectivity index (χ1) is 54.0. The number of carbonyl (C=O) groups is 3. The molecular formula is C92H102ClF3LiNO16S2. The van der Waals surface area contributed by atoms with Gasteiger partial charge >= 0.3 is 36.8 Å². The third kappa shape index (κ3) is 26.4. The molecule has 0 saturated heterocycles. The Morgan fingerprint density at radius 1 is 0.483 bits per heavy atom. The second-order valence-electron chi connectivity index (χ2n) is 29.7. The second-order valence-corrected chi connectivity index (χ2v) is 34.2. The molecule has 0 aliphatic carbocycles. The Morgan fingerprint density at radius 3 is 1.22 bits per heavy atom. The molecule has 116 heavy (non-hydrogen) atoms. The molecule has 6 N–H and O–H groups in total. The fourth-order valence-electron chi connectivity index (χ4n) is 12.5. The molecule has 9 aromatic carbocycles. The van der Waals surface area contributed by atoms with Crippen LogP contribution < -0.4 is 34.1 Å². The Hall–Kier alpha value is -9.73. The number of fused-ring (bicyclic) bond motifs is 3. The van der Waals surface area contributed by atoms with Gasteiger partial charge in [0.15, 0.2) is 0 Å². The molecule has 0 aliphatic heterocycles. The van der Waals surface area contributed by atoms with Crippen molar-refractivity contribution in [3.05, 3.63) is 268 Å². The van der Waals surface area contributed by atoms with Crippen LogP contribution in [-0.4, -0.2) is 101 Å². The number of phenolic OH excluding ortho intramolecular Hbond substituents is 1. The van der Waals surface area contributed by atoms with Gasteiger partial charge in [-0.05, 0) is 222 Å². The average Bonchev–Trinajstić information content (AvgIpc) is 1.63. The van der Waals surface area contributed by atoms with E-state index in [1.807, 2.05) is 226 Å². The first-order valence-electron chi connectivity index (χ1n) is 37.4. The number of nitrogens with two attached hydrogens (primary N) is 1. The summed E-state index contributed by atoms with van der Waals surface area (Å²) in [6.07, 6.45) is 5.05. The Labute approximate surface area is 699 Å². The number of hydrogen-bond donors (Lipinski definition) is 4. The number of halogens is 4. The maximum absolute atomic E-state index is 14.1. The molecule has 5 atom stereocenters. The molecule has 3 unspecified atom stereocenters. The number of furan rings is 3. The third-order valence-corrected chi connectivity index (χ3v) is 22.8. The second kappa shape index (κ2) is 44.6. The molecule has 0 saturated carbocycles. The summed E-state index contributed by atoms with van der Waals surface area (Å²) in [6, 6.07) is 56.1. The third-order valence-electron chi connectivity index (χ3n) is 18.7. The van der Waals surface area contributed by atoms with Crippen molar-refractivity contribution in [2.24, 2.45) is 5.73 Å². The van der Waals surface area contributed by atoms with Gasteiger partial charge in [0.1, 0.15) is 53.9 Å². The standard InChI is InChI=1S/C33H37FO5S.C26H24FNO4.C22H25FO3S.C11H14O3.ClH.Li.H2O/c1-6-37-31(35)18-26-11-10-22(2)14-30(26)39-20-23-15-27-12-13-38-32(27)29(16-23)25-9-7-8-24(17-25)28(19-34)21-40(36)33(3,4)5;1-16-5-6-20(13-25(29)30)24(9-16)32-15-17-10-21-7-8-31-26(21)22(11-17)18-3-2-4-19(12-18)23(28)14-27;1-22(2,3)27(25)14-19(12-23)16-5-4-6-17(11-16)20-10-15(13-24)9-18-7-8-26-21(18)20;1-3-14-11(13)7-9-5-4-8(2)6-10(9)12;;;/h7-17,28H,6,18-21H2,1-5H3;2-12,23H,13-15,28H2,1H3,(H,29,30);4-11,19,24H,12-14H2,1-3H3;4-6,12H,3,7H2,1-2H3;1H;;1H2/q;;;;;+1;/p-1/t28?,40-;;19?,27-;;;;/m0.0..../s1. The van der Waals surface area contributed by atoms with Crippen LogP contribution in [-0.2, 0) is 84.5 Å². The van der Waals surface area contributed by atoms with E-state index in [4.69, 9.17) is 37.9 Å². The predicted octanol–water partition coefficient (Wildman–Crippen LogP) is 17.5. The number of benzene rings is 9. The van der Waals surface area contributed by atoms with Crippen molar-refractivity contribution < 1.29 is 108 Å². The van der Waals surface area contributed by atoms with Gasteiger partial charge in [0.25, 0.3) is 0 Å². The summed E-state index contributed by atoms with van der Waals surface area (Å²) >= 11 is 0. The van der Waals surface area contributed by atoms with Gasteiger partial charge < -0.3 is 58.7 Å². The summed E-state index contributed by atoms with van der Waals surface area (Å²) < 4.78 is 105. The van der Waals surface area contributed by atoms with Crippen molar-refractivity contribution >= 4 is 84.8 Å². The average molecular weight is 1640 g/mol. The van der Waals surface area contributed by atoms with Gasteiger partial charge in [-0.1, -0.05) is 103 Å². The van der Waals surface area contributed by atoms with Gasteiger partial charge in [-0.3, -0.25) is 31.6 Å². The van der Waals surface area contributed by atoms with Crippen molar-refractivity contribution in [3.63, 3.8) is 0 Å². The number of aryl methyl sites for hydroxylation is 3. The van der Waals surface area contributed by atoms with Gasteiger partial charge in [-0.15, -0.1) is 12.4 Å². The number of ether oxygens (including phenoxy) is 4. The van der Waals surface area contributed by atoms with Crippen LogP contribution in [0.5, 0.6) is 17.2 Å². The fraction of sp³-hybridized carbons (Fsp3) is 0.315. The minimum absolute atomic E-state index is 0. The van der Waals surface area contributed by atoms with Crippen LogP contribution in [0, 0.1) is 20.8 Å². The van der Waals surface area contributed by atoms with Crippen molar-refractivity contribution in [1.82, 2.24) is 0 Å². The van der Waals surface area contributed by atoms with Crippen molar-refractivity contribution in [1.29, 1.82) is 0 Å². The molecule has 0 spiro atoms. The number of phenols is 1. The quantitative estimate of drug-likeness (QED) is 0.0262. The summed E-state index contributed by atoms with van der Waals surface area (Å²) in [6.45, 7) is 20.2. The topological polar surface area (TPSA) is 278 Å². The molecule has 17 nitrogen and oxygen atoms in total. The summed E-state index contributed by atoms with van der Waals surface area (Å²) in [4.78, 5) is 34.4. The first kappa shape index (κ1) is 95.1. The number of hydrogen-bond acceptors (Lipinski definition) is 16. The Bertz CT molecular complexity index is 5300. The van der Waals surface area contributed by atoms with E-state index in [0.717, 1.165) is 116 Å². The number of rotatable bonds is 28. The largest absolute Gasteiger partial charge is 1.00 e. The zero-order valence-electron chi connectivity index (χ0n) is 67.6. The molecule has 612 valence electrons. The molecule has 12 rings (SSSR count). The molecule has 3 heterocycles. The zero-order chi connectivity index (χ0) is 81.7. The number of aliphatic hydroxyl groups is 1. The molecule has 3 aromatic heterocycles. The number of aromatic hydroxyl groups is 1. The van der Waals surface area contributed by atoms with Crippen molar-refractivity contribution in [2.45, 2.75) is 143 Å². The normalized spacial score (nSPS) is 12.4. The molecule has 24 heteroatoms. The number of esters is 2. The molecule has 12 aromatic rings. The van der Waals surface area contributed by atoms with Gasteiger partial charge in [0.05, 0.1) is 77.3 Å². The van der Waals surface area contributed by atoms with E-state index in [-0.39, 0.29) is 110 Å². The molecule has 0 aliphatic rings. The molecule has 0 radical (unpaired) electrons. The van der Waals surface area contributed by atoms with Gasteiger partial charge in [-0.25, -0.2) is 4.39 Å². The zero-order valence-corrected chi connectivity index (χ0v) is 70.1. The number of aliphatic carboxylic acids is 1. The minimum Gasteiger partial charge on any atom is -0.870 e. The van der Waals surface area contributed by atoms with E-state index >= 15 is 0 Å². The van der Waals surface area contributed by atoms with Crippen LogP contribution in [0.25, 0.3) is 66.3 Å². The number of alkyl halides is 3. The van der Waals surface area contributed by atoms with E-state index in [0.29, 0.717) is 41.4 Å². The molecule has 0 fully saturated rings. The summed E-state index contributed by atoms with van der Waals surface area (Å²) in [5.74, 6) is -0.503. The van der Waals surface area contributed by atoms with Crippen LogP contribution in [0.1, 0.15) is 140 Å². The molecule has 0 amide bonds. The van der Waals surface area contributed by atoms with Crippen LogP contribution in [0.4, 0.5) is 13.2 Å². The Kier molecular flexibility index (Phi) is 36.5. The predicted molar refractivity (Wildman–Crippen MR) is 452 cm³/mol. The van der Waals surface area contributed by atoms with Crippen LogP contribution in [0.2, 0.25) is 0 Å². The van der Waals surface area contributed by atoms with Gasteiger partial charge in [0.2, 0.25) is 0 Å². The van der Waals surface area contributed by atoms with E-state index in [1.165, 1.54) is 0 Å². The van der Waals surface area contributed by atoms with Gasteiger partial charge in [0, 0.05) is 104 Å². The maximum Gasteiger partial charge on any atom is 1.00 e. The van der Waals surface area contributed by atoms with E-state index in [2.05, 4.69) is 0 Å². The van der Waals surface area contributed by atoms with Crippen LogP contribution in [0.15, 0.2) is 214 Å². The number of aliphatic hydroxyl groups excluding tert-OH is 1.